The van der Waals surface area contributed by atoms with Crippen LogP contribution in [0.4, 0.5) is 0 Å². The van der Waals surface area contributed by atoms with Crippen LogP contribution in [0.3, 0.4) is 0 Å². The van der Waals surface area contributed by atoms with Gasteiger partial charge in [0.15, 0.2) is 0 Å². The second kappa shape index (κ2) is 8.57. The molecule has 1 aromatic heterocycles. The summed E-state index contributed by atoms with van der Waals surface area (Å²) in [5, 5.41) is 3.26. The molecular weight excluding hydrogens is 358 g/mol. The summed E-state index contributed by atoms with van der Waals surface area (Å²) in [6.45, 7) is 3.37. The van der Waals surface area contributed by atoms with Crippen molar-refractivity contribution in [1.82, 2.24) is 15.2 Å². The predicted molar refractivity (Wildman–Crippen MR) is 103 cm³/mol. The second-order valence-electron chi connectivity index (χ2n) is 8.12. The lowest BCUT2D eigenvalue weighted by atomic mass is 9.83. The number of pyridine rings is 1. The number of hydrogen-bond acceptors (Lipinski definition) is 5. The molecular formula is C21H29N3O4. The summed E-state index contributed by atoms with van der Waals surface area (Å²) >= 11 is 0. The molecule has 7 heteroatoms. The number of piperidine rings is 1. The van der Waals surface area contributed by atoms with E-state index in [9.17, 15) is 9.59 Å². The van der Waals surface area contributed by atoms with Crippen molar-refractivity contribution in [3.8, 4) is 0 Å². The van der Waals surface area contributed by atoms with Gasteiger partial charge in [-0.25, -0.2) is 0 Å². The van der Waals surface area contributed by atoms with E-state index >= 15 is 0 Å². The minimum Gasteiger partial charge on any atom is -0.381 e. The Bertz CT molecular complexity index is 677. The number of rotatable bonds is 3. The lowest BCUT2D eigenvalue weighted by Crippen LogP contribution is -2.52. The number of hydrogen-bond donors (Lipinski definition) is 1. The third-order valence-corrected chi connectivity index (χ3v) is 6.28. The molecule has 28 heavy (non-hydrogen) atoms. The van der Waals surface area contributed by atoms with Crippen LogP contribution in [-0.2, 0) is 14.3 Å². The summed E-state index contributed by atoms with van der Waals surface area (Å²) in [6.07, 6.45) is 6.59. The molecule has 3 aliphatic rings. The number of ether oxygens (including phenoxy) is 2. The first kappa shape index (κ1) is 19.3. The molecule has 3 saturated heterocycles. The fourth-order valence-corrected chi connectivity index (χ4v) is 4.56. The monoisotopic (exact) mass is 387 g/mol. The molecule has 4 rings (SSSR count). The standard InChI is InChI=1S/C21H29N3O4/c25-19(23-17-6-12-28-21(15-17)7-13-27-14-8-21)16-4-10-24(11-5-16)20(26)18-3-1-2-9-22-18/h1-3,9,16-17H,4-8,10-15H2,(H,23,25). The van der Waals surface area contributed by atoms with Gasteiger partial charge in [-0.3, -0.25) is 14.6 Å². The molecule has 152 valence electrons. The smallest absolute Gasteiger partial charge is 0.272 e. The Morgan fingerprint density at radius 1 is 1.11 bits per heavy atom. The van der Waals surface area contributed by atoms with Gasteiger partial charge >= 0.3 is 0 Å². The zero-order chi connectivity index (χ0) is 19.4. The quantitative estimate of drug-likeness (QED) is 0.855. The normalized spacial score (nSPS) is 25.4. The maximum atomic E-state index is 12.8. The molecule has 0 aliphatic carbocycles. The number of carbonyl (C=O) groups is 2. The van der Waals surface area contributed by atoms with Gasteiger partial charge in [0.2, 0.25) is 5.91 Å². The number of nitrogens with zero attached hydrogens (tertiary/aromatic N) is 2. The Balaban J connectivity index is 1.26. The molecule has 0 radical (unpaired) electrons. The van der Waals surface area contributed by atoms with Crippen molar-refractivity contribution >= 4 is 11.8 Å². The van der Waals surface area contributed by atoms with E-state index in [4.69, 9.17) is 9.47 Å². The van der Waals surface area contributed by atoms with Crippen molar-refractivity contribution in [3.63, 3.8) is 0 Å². The number of amides is 2. The molecule has 1 spiro atoms. The first-order valence-corrected chi connectivity index (χ1v) is 10.4. The number of likely N-dealkylation sites (tertiary alicyclic amines) is 1. The van der Waals surface area contributed by atoms with E-state index in [1.807, 2.05) is 6.07 Å². The van der Waals surface area contributed by atoms with Gasteiger partial charge in [0, 0.05) is 51.1 Å². The average Bonchev–Trinajstić information content (AvgIpc) is 2.74. The molecule has 1 unspecified atom stereocenters. The Hall–Kier alpha value is -1.99. The van der Waals surface area contributed by atoms with Gasteiger partial charge in [-0.2, -0.15) is 0 Å². The molecule has 1 aromatic rings. The van der Waals surface area contributed by atoms with Gasteiger partial charge < -0.3 is 19.7 Å². The van der Waals surface area contributed by atoms with Crippen LogP contribution in [0.2, 0.25) is 0 Å². The predicted octanol–water partition coefficient (Wildman–Crippen LogP) is 1.78. The Morgan fingerprint density at radius 3 is 2.61 bits per heavy atom. The zero-order valence-corrected chi connectivity index (χ0v) is 16.3. The van der Waals surface area contributed by atoms with Gasteiger partial charge in [0.25, 0.3) is 5.91 Å². The fraction of sp³-hybridized carbons (Fsp3) is 0.667. The van der Waals surface area contributed by atoms with Crippen molar-refractivity contribution in [2.75, 3.05) is 32.9 Å². The molecule has 7 nitrogen and oxygen atoms in total. The van der Waals surface area contributed by atoms with E-state index in [0.717, 1.165) is 38.9 Å². The molecule has 3 fully saturated rings. The summed E-state index contributed by atoms with van der Waals surface area (Å²) in [4.78, 5) is 31.2. The largest absolute Gasteiger partial charge is 0.381 e. The first-order chi connectivity index (χ1) is 13.7. The minimum atomic E-state index is -0.118. The topological polar surface area (TPSA) is 80.8 Å². The molecule has 0 bridgehead atoms. The van der Waals surface area contributed by atoms with Gasteiger partial charge in [-0.1, -0.05) is 6.07 Å². The minimum absolute atomic E-state index is 0.0266. The van der Waals surface area contributed by atoms with Gasteiger partial charge in [-0.05, 0) is 50.7 Å². The molecule has 3 aliphatic heterocycles. The summed E-state index contributed by atoms with van der Waals surface area (Å²) in [5.74, 6) is 0.0469. The maximum Gasteiger partial charge on any atom is 0.272 e. The van der Waals surface area contributed by atoms with E-state index < -0.39 is 0 Å². The van der Waals surface area contributed by atoms with Crippen molar-refractivity contribution < 1.29 is 19.1 Å². The highest BCUT2D eigenvalue weighted by molar-refractivity contribution is 5.92. The van der Waals surface area contributed by atoms with Crippen LogP contribution in [0.5, 0.6) is 0 Å². The highest BCUT2D eigenvalue weighted by atomic mass is 16.5. The van der Waals surface area contributed by atoms with Crippen LogP contribution in [0.1, 0.15) is 49.0 Å². The third kappa shape index (κ3) is 4.36. The highest BCUT2D eigenvalue weighted by Crippen LogP contribution is 2.34. The average molecular weight is 387 g/mol. The van der Waals surface area contributed by atoms with E-state index in [-0.39, 0.29) is 29.4 Å². The van der Waals surface area contributed by atoms with Crippen LogP contribution >= 0.6 is 0 Å². The summed E-state index contributed by atoms with van der Waals surface area (Å²) in [6, 6.07) is 5.53. The zero-order valence-electron chi connectivity index (χ0n) is 16.3. The van der Waals surface area contributed by atoms with Crippen LogP contribution in [0, 0.1) is 5.92 Å². The van der Waals surface area contributed by atoms with Crippen molar-refractivity contribution in [1.29, 1.82) is 0 Å². The molecule has 0 aromatic carbocycles. The van der Waals surface area contributed by atoms with E-state index in [1.165, 1.54) is 0 Å². The molecule has 2 amide bonds. The van der Waals surface area contributed by atoms with E-state index in [2.05, 4.69) is 10.3 Å². The van der Waals surface area contributed by atoms with E-state index in [0.29, 0.717) is 38.2 Å². The second-order valence-corrected chi connectivity index (χ2v) is 8.12. The van der Waals surface area contributed by atoms with Crippen LogP contribution in [0.15, 0.2) is 24.4 Å². The fourth-order valence-electron chi connectivity index (χ4n) is 4.56. The molecule has 1 N–H and O–H groups in total. The van der Waals surface area contributed by atoms with Crippen molar-refractivity contribution in [2.24, 2.45) is 5.92 Å². The summed E-state index contributed by atoms with van der Waals surface area (Å²) in [7, 11) is 0. The van der Waals surface area contributed by atoms with Gasteiger partial charge in [0.05, 0.1) is 5.60 Å². The SMILES string of the molecule is O=C(NC1CCOC2(CCOCC2)C1)C1CCN(C(=O)c2ccccn2)CC1. The van der Waals surface area contributed by atoms with Crippen LogP contribution in [-0.4, -0.2) is 66.3 Å². The molecule has 1 atom stereocenters. The van der Waals surface area contributed by atoms with Crippen molar-refractivity contribution in [3.05, 3.63) is 30.1 Å². The summed E-state index contributed by atoms with van der Waals surface area (Å²) < 4.78 is 11.5. The lowest BCUT2D eigenvalue weighted by Gasteiger charge is -2.43. The maximum absolute atomic E-state index is 12.8. The van der Waals surface area contributed by atoms with Crippen LogP contribution in [0.25, 0.3) is 0 Å². The number of carbonyl (C=O) groups excluding carboxylic acids is 2. The Labute approximate surface area is 165 Å². The van der Waals surface area contributed by atoms with Crippen LogP contribution < -0.4 is 5.32 Å². The highest BCUT2D eigenvalue weighted by Gasteiger charge is 2.40. The lowest BCUT2D eigenvalue weighted by molar-refractivity contribution is -0.145. The van der Waals surface area contributed by atoms with E-state index in [1.54, 1.807) is 23.2 Å². The molecule has 4 heterocycles. The number of nitrogens with one attached hydrogen (secondary N) is 1. The number of aromatic nitrogens is 1. The first-order valence-electron chi connectivity index (χ1n) is 10.4. The third-order valence-electron chi connectivity index (χ3n) is 6.28. The Morgan fingerprint density at radius 2 is 1.89 bits per heavy atom. The van der Waals surface area contributed by atoms with Crippen molar-refractivity contribution in [2.45, 2.75) is 50.2 Å². The Kier molecular flexibility index (Phi) is 5.92. The summed E-state index contributed by atoms with van der Waals surface area (Å²) in [5.41, 5.74) is 0.349. The van der Waals surface area contributed by atoms with Gasteiger partial charge in [-0.15, -0.1) is 0 Å². The molecule has 0 saturated carbocycles. The van der Waals surface area contributed by atoms with Gasteiger partial charge in [0.1, 0.15) is 5.69 Å².